The molecule has 1 fully saturated rings. The molecule has 0 atom stereocenters. The van der Waals surface area contributed by atoms with Crippen molar-refractivity contribution in [1.29, 1.82) is 0 Å². The number of carbonyl (C=O) groups is 1. The van der Waals surface area contributed by atoms with Gasteiger partial charge < -0.3 is 10.6 Å². The van der Waals surface area contributed by atoms with Crippen LogP contribution >= 0.6 is 0 Å². The van der Waals surface area contributed by atoms with Gasteiger partial charge in [-0.15, -0.1) is 0 Å². The molecule has 2 N–H and O–H groups in total. The lowest BCUT2D eigenvalue weighted by Gasteiger charge is -2.07. The molecule has 14 heavy (non-hydrogen) atoms. The quantitative estimate of drug-likeness (QED) is 0.602. The summed E-state index contributed by atoms with van der Waals surface area (Å²) in [6, 6.07) is 0. The van der Waals surface area contributed by atoms with Crippen LogP contribution in [0.5, 0.6) is 0 Å². The Labute approximate surface area is 86.6 Å². The minimum Gasteiger partial charge on any atom is -0.355 e. The van der Waals surface area contributed by atoms with Crippen LogP contribution in [-0.4, -0.2) is 25.5 Å². The Morgan fingerprint density at radius 3 is 2.57 bits per heavy atom. The molecule has 1 aliphatic rings. The van der Waals surface area contributed by atoms with Gasteiger partial charge in [-0.05, 0) is 31.7 Å². The van der Waals surface area contributed by atoms with Gasteiger partial charge in [-0.1, -0.05) is 13.8 Å². The highest BCUT2D eigenvalue weighted by Crippen LogP contribution is 2.28. The van der Waals surface area contributed by atoms with Crippen molar-refractivity contribution in [2.24, 2.45) is 11.8 Å². The fourth-order valence-corrected chi connectivity index (χ4v) is 1.28. The summed E-state index contributed by atoms with van der Waals surface area (Å²) < 4.78 is 0. The number of carbonyl (C=O) groups excluding carboxylic acids is 1. The Bertz CT molecular complexity index is 176. The molecule has 0 aromatic rings. The Balaban J connectivity index is 1.81. The van der Waals surface area contributed by atoms with Crippen molar-refractivity contribution in [3.8, 4) is 0 Å². The molecule has 1 amide bonds. The average Bonchev–Trinajstić information content (AvgIpc) is 2.92. The van der Waals surface area contributed by atoms with Crippen molar-refractivity contribution < 1.29 is 4.79 Å². The van der Waals surface area contributed by atoms with E-state index in [0.29, 0.717) is 5.92 Å². The molecular weight excluding hydrogens is 176 g/mol. The fraction of sp³-hybridized carbons (Fsp3) is 0.909. The topological polar surface area (TPSA) is 41.1 Å². The molecule has 0 unspecified atom stereocenters. The summed E-state index contributed by atoms with van der Waals surface area (Å²) in [6.45, 7) is 7.16. The van der Waals surface area contributed by atoms with Crippen LogP contribution in [0, 0.1) is 11.8 Å². The molecule has 3 heteroatoms. The fourth-order valence-electron chi connectivity index (χ4n) is 1.28. The second kappa shape index (κ2) is 6.02. The van der Waals surface area contributed by atoms with Gasteiger partial charge in [0.2, 0.25) is 5.91 Å². The summed E-state index contributed by atoms with van der Waals surface area (Å²) in [7, 11) is 0. The maximum Gasteiger partial charge on any atom is 0.223 e. The van der Waals surface area contributed by atoms with Gasteiger partial charge in [0.15, 0.2) is 0 Å². The molecule has 0 spiro atoms. The lowest BCUT2D eigenvalue weighted by atomic mass is 10.1. The number of rotatable bonds is 7. The lowest BCUT2D eigenvalue weighted by Crippen LogP contribution is -2.33. The van der Waals surface area contributed by atoms with Crippen LogP contribution in [0.25, 0.3) is 0 Å². The van der Waals surface area contributed by atoms with E-state index in [1.165, 1.54) is 6.42 Å². The van der Waals surface area contributed by atoms with Gasteiger partial charge >= 0.3 is 0 Å². The molecule has 1 saturated carbocycles. The molecule has 0 radical (unpaired) electrons. The molecule has 0 bridgehead atoms. The Kier molecular flexibility index (Phi) is 4.94. The van der Waals surface area contributed by atoms with Crippen molar-refractivity contribution >= 4 is 5.91 Å². The highest BCUT2D eigenvalue weighted by molar-refractivity contribution is 5.80. The molecule has 3 nitrogen and oxygen atoms in total. The highest BCUT2D eigenvalue weighted by Gasteiger charge is 2.28. The third kappa shape index (κ3) is 5.22. The zero-order valence-corrected chi connectivity index (χ0v) is 9.31. The van der Waals surface area contributed by atoms with Crippen LogP contribution in [0.3, 0.4) is 0 Å². The summed E-state index contributed by atoms with van der Waals surface area (Å²) in [5, 5.41) is 6.25. The smallest absolute Gasteiger partial charge is 0.223 e. The zero-order valence-electron chi connectivity index (χ0n) is 9.31. The summed E-state index contributed by atoms with van der Waals surface area (Å²) >= 11 is 0. The van der Waals surface area contributed by atoms with Crippen LogP contribution in [0.1, 0.15) is 33.1 Å². The lowest BCUT2D eigenvalue weighted by molar-refractivity contribution is -0.122. The Hall–Kier alpha value is -0.570. The van der Waals surface area contributed by atoms with Gasteiger partial charge in [0, 0.05) is 19.0 Å². The largest absolute Gasteiger partial charge is 0.355 e. The minimum atomic E-state index is 0.246. The molecule has 0 aromatic heterocycles. The SMILES string of the molecule is CC(C)CCNCCNC(=O)C1CC1. The molecule has 82 valence electrons. The zero-order chi connectivity index (χ0) is 10.4. The third-order valence-electron chi connectivity index (χ3n) is 2.45. The highest BCUT2D eigenvalue weighted by atomic mass is 16.2. The van der Waals surface area contributed by atoms with Crippen molar-refractivity contribution in [1.82, 2.24) is 10.6 Å². The van der Waals surface area contributed by atoms with E-state index >= 15 is 0 Å². The maximum atomic E-state index is 11.2. The van der Waals surface area contributed by atoms with E-state index in [1.807, 2.05) is 0 Å². The van der Waals surface area contributed by atoms with Crippen molar-refractivity contribution in [2.75, 3.05) is 19.6 Å². The van der Waals surface area contributed by atoms with E-state index in [2.05, 4.69) is 24.5 Å². The Morgan fingerprint density at radius 1 is 1.29 bits per heavy atom. The van der Waals surface area contributed by atoms with E-state index in [9.17, 15) is 4.79 Å². The van der Waals surface area contributed by atoms with E-state index in [4.69, 9.17) is 0 Å². The summed E-state index contributed by atoms with van der Waals surface area (Å²) in [5.74, 6) is 1.34. The van der Waals surface area contributed by atoms with E-state index in [0.717, 1.165) is 38.4 Å². The number of hydrogen-bond donors (Lipinski definition) is 2. The average molecular weight is 198 g/mol. The first kappa shape index (κ1) is 11.5. The van der Waals surface area contributed by atoms with Crippen LogP contribution < -0.4 is 10.6 Å². The van der Waals surface area contributed by atoms with Gasteiger partial charge in [0.05, 0.1) is 0 Å². The van der Waals surface area contributed by atoms with Crippen molar-refractivity contribution in [2.45, 2.75) is 33.1 Å². The van der Waals surface area contributed by atoms with Gasteiger partial charge in [-0.3, -0.25) is 4.79 Å². The molecule has 0 saturated heterocycles. The number of hydrogen-bond acceptors (Lipinski definition) is 2. The molecule has 0 aromatic carbocycles. The molecule has 0 heterocycles. The Morgan fingerprint density at radius 2 is 2.00 bits per heavy atom. The van der Waals surface area contributed by atoms with Gasteiger partial charge in [-0.2, -0.15) is 0 Å². The maximum absolute atomic E-state index is 11.2. The minimum absolute atomic E-state index is 0.246. The van der Waals surface area contributed by atoms with Crippen LogP contribution in [-0.2, 0) is 4.79 Å². The normalized spacial score (nSPS) is 15.9. The monoisotopic (exact) mass is 198 g/mol. The second-order valence-electron chi connectivity index (χ2n) is 4.50. The van der Waals surface area contributed by atoms with Crippen molar-refractivity contribution in [3.05, 3.63) is 0 Å². The first-order chi connectivity index (χ1) is 6.70. The van der Waals surface area contributed by atoms with Crippen LogP contribution in [0.2, 0.25) is 0 Å². The van der Waals surface area contributed by atoms with E-state index in [-0.39, 0.29) is 5.91 Å². The van der Waals surface area contributed by atoms with E-state index in [1.54, 1.807) is 0 Å². The third-order valence-corrected chi connectivity index (χ3v) is 2.45. The first-order valence-electron chi connectivity index (χ1n) is 5.68. The van der Waals surface area contributed by atoms with Crippen LogP contribution in [0.4, 0.5) is 0 Å². The van der Waals surface area contributed by atoms with Crippen LogP contribution in [0.15, 0.2) is 0 Å². The van der Waals surface area contributed by atoms with Gasteiger partial charge in [-0.25, -0.2) is 0 Å². The number of amides is 1. The summed E-state index contributed by atoms with van der Waals surface area (Å²) in [4.78, 5) is 11.2. The summed E-state index contributed by atoms with van der Waals surface area (Å²) in [6.07, 6.45) is 3.38. The van der Waals surface area contributed by atoms with Crippen molar-refractivity contribution in [3.63, 3.8) is 0 Å². The molecule has 1 aliphatic carbocycles. The van der Waals surface area contributed by atoms with E-state index < -0.39 is 0 Å². The molecular formula is C11H22N2O. The molecule has 1 rings (SSSR count). The molecule has 0 aliphatic heterocycles. The summed E-state index contributed by atoms with van der Waals surface area (Å²) in [5.41, 5.74) is 0. The predicted molar refractivity (Wildman–Crippen MR) is 58.1 cm³/mol. The first-order valence-corrected chi connectivity index (χ1v) is 5.68. The van der Waals surface area contributed by atoms with Gasteiger partial charge in [0.25, 0.3) is 0 Å². The predicted octanol–water partition coefficient (Wildman–Crippen LogP) is 1.15. The standard InChI is InChI=1S/C11H22N2O/c1-9(2)5-6-12-7-8-13-11(14)10-3-4-10/h9-10,12H,3-8H2,1-2H3,(H,13,14). The second-order valence-corrected chi connectivity index (χ2v) is 4.50. The van der Waals surface area contributed by atoms with Gasteiger partial charge in [0.1, 0.15) is 0 Å². The number of nitrogens with one attached hydrogen (secondary N) is 2.